The number of ether oxygens (including phenoxy) is 1. The number of fused-ring (bicyclic) bond motifs is 1. The Morgan fingerprint density at radius 1 is 1.50 bits per heavy atom. The molecule has 0 atom stereocenters. The molecule has 0 bridgehead atoms. The van der Waals surface area contributed by atoms with E-state index in [1.807, 2.05) is 6.92 Å². The molecular weight excluding hydrogens is 208 g/mol. The van der Waals surface area contributed by atoms with Crippen molar-refractivity contribution in [1.29, 1.82) is 0 Å². The predicted molar refractivity (Wildman–Crippen MR) is 59.1 cm³/mol. The smallest absolute Gasteiger partial charge is 0.339 e. The molecule has 1 aromatic carbocycles. The van der Waals surface area contributed by atoms with Gasteiger partial charge in [0.2, 0.25) is 0 Å². The van der Waals surface area contributed by atoms with E-state index in [-0.39, 0.29) is 5.56 Å². The first-order valence-corrected chi connectivity index (χ1v) is 5.00. The van der Waals surface area contributed by atoms with E-state index >= 15 is 0 Å². The number of carbonyl (C=O) groups is 1. The number of hydrogen-bond acceptors (Lipinski definition) is 3. The molecule has 0 aliphatic rings. The van der Waals surface area contributed by atoms with Crippen molar-refractivity contribution in [2.24, 2.45) is 0 Å². The molecule has 4 heteroatoms. The average molecular weight is 220 g/mol. The molecule has 0 unspecified atom stereocenters. The number of furan rings is 1. The van der Waals surface area contributed by atoms with Crippen LogP contribution in [0.5, 0.6) is 5.75 Å². The van der Waals surface area contributed by atoms with Crippen LogP contribution in [0.2, 0.25) is 0 Å². The molecule has 84 valence electrons. The van der Waals surface area contributed by atoms with Crippen molar-refractivity contribution in [2.45, 2.75) is 13.3 Å². The van der Waals surface area contributed by atoms with Crippen LogP contribution in [0.4, 0.5) is 0 Å². The molecule has 0 radical (unpaired) electrons. The van der Waals surface area contributed by atoms with Gasteiger partial charge in [-0.2, -0.15) is 0 Å². The molecule has 1 heterocycles. The SMILES string of the molecule is CCc1oc2cc(OC)ccc2c1C(=O)O. The summed E-state index contributed by atoms with van der Waals surface area (Å²) in [4.78, 5) is 11.1. The molecule has 2 rings (SSSR count). The second kappa shape index (κ2) is 3.89. The highest BCUT2D eigenvalue weighted by Crippen LogP contribution is 2.29. The zero-order valence-electron chi connectivity index (χ0n) is 9.11. The van der Waals surface area contributed by atoms with Gasteiger partial charge in [-0.05, 0) is 12.1 Å². The molecule has 4 nitrogen and oxygen atoms in total. The number of aromatic carboxylic acids is 1. The summed E-state index contributed by atoms with van der Waals surface area (Å²) < 4.78 is 10.5. The molecule has 0 aliphatic heterocycles. The molecule has 1 N–H and O–H groups in total. The van der Waals surface area contributed by atoms with Crippen molar-refractivity contribution in [2.75, 3.05) is 7.11 Å². The van der Waals surface area contributed by atoms with Gasteiger partial charge < -0.3 is 14.3 Å². The van der Waals surface area contributed by atoms with Crippen LogP contribution in [0, 0.1) is 0 Å². The van der Waals surface area contributed by atoms with Crippen LogP contribution in [0.3, 0.4) is 0 Å². The largest absolute Gasteiger partial charge is 0.497 e. The lowest BCUT2D eigenvalue weighted by atomic mass is 10.1. The van der Waals surface area contributed by atoms with Crippen LogP contribution in [-0.2, 0) is 6.42 Å². The molecule has 0 saturated carbocycles. The van der Waals surface area contributed by atoms with E-state index in [2.05, 4.69) is 0 Å². The third kappa shape index (κ3) is 1.52. The van der Waals surface area contributed by atoms with E-state index in [9.17, 15) is 4.79 Å². The predicted octanol–water partition coefficient (Wildman–Crippen LogP) is 2.70. The first-order chi connectivity index (χ1) is 7.67. The highest BCUT2D eigenvalue weighted by Gasteiger charge is 2.18. The molecule has 1 aromatic heterocycles. The Balaban J connectivity index is 2.72. The number of methoxy groups -OCH3 is 1. The van der Waals surface area contributed by atoms with Crippen LogP contribution in [-0.4, -0.2) is 18.2 Å². The highest BCUT2D eigenvalue weighted by molar-refractivity contribution is 6.03. The van der Waals surface area contributed by atoms with Gasteiger partial charge in [-0.3, -0.25) is 0 Å². The fourth-order valence-electron chi connectivity index (χ4n) is 1.74. The Bertz CT molecular complexity index is 539. The zero-order chi connectivity index (χ0) is 11.7. The van der Waals surface area contributed by atoms with Gasteiger partial charge in [0.15, 0.2) is 0 Å². The van der Waals surface area contributed by atoms with Gasteiger partial charge in [0, 0.05) is 17.9 Å². The molecule has 0 spiro atoms. The summed E-state index contributed by atoms with van der Waals surface area (Å²) in [6, 6.07) is 5.13. The third-order valence-electron chi connectivity index (χ3n) is 2.51. The summed E-state index contributed by atoms with van der Waals surface area (Å²) in [5.74, 6) is 0.192. The molecular formula is C12H12O4. The van der Waals surface area contributed by atoms with Gasteiger partial charge >= 0.3 is 5.97 Å². The normalized spacial score (nSPS) is 10.6. The van der Waals surface area contributed by atoms with Gasteiger partial charge in [-0.15, -0.1) is 0 Å². The second-order valence-electron chi connectivity index (χ2n) is 3.42. The van der Waals surface area contributed by atoms with Crippen LogP contribution in [0.25, 0.3) is 11.0 Å². The van der Waals surface area contributed by atoms with Gasteiger partial charge in [0.05, 0.1) is 7.11 Å². The van der Waals surface area contributed by atoms with Gasteiger partial charge in [0.25, 0.3) is 0 Å². The van der Waals surface area contributed by atoms with Crippen molar-refractivity contribution >= 4 is 16.9 Å². The standard InChI is InChI=1S/C12H12O4/c1-3-9-11(12(13)14)8-5-4-7(15-2)6-10(8)16-9/h4-6H,3H2,1-2H3,(H,13,14). The quantitative estimate of drug-likeness (QED) is 0.863. The average Bonchev–Trinajstić information content (AvgIpc) is 2.65. The topological polar surface area (TPSA) is 59.7 Å². The van der Waals surface area contributed by atoms with Crippen LogP contribution >= 0.6 is 0 Å². The zero-order valence-corrected chi connectivity index (χ0v) is 9.11. The summed E-state index contributed by atoms with van der Waals surface area (Å²) in [6.07, 6.45) is 0.554. The monoisotopic (exact) mass is 220 g/mol. The minimum Gasteiger partial charge on any atom is -0.497 e. The summed E-state index contributed by atoms with van der Waals surface area (Å²) in [6.45, 7) is 1.86. The maximum Gasteiger partial charge on any atom is 0.339 e. The van der Waals surface area contributed by atoms with Crippen molar-refractivity contribution in [3.05, 3.63) is 29.5 Å². The van der Waals surface area contributed by atoms with E-state index in [0.29, 0.717) is 28.9 Å². The lowest BCUT2D eigenvalue weighted by Crippen LogP contribution is -1.98. The molecule has 0 fully saturated rings. The number of rotatable bonds is 3. The van der Waals surface area contributed by atoms with Crippen molar-refractivity contribution in [1.82, 2.24) is 0 Å². The van der Waals surface area contributed by atoms with Crippen molar-refractivity contribution in [3.63, 3.8) is 0 Å². The van der Waals surface area contributed by atoms with Crippen LogP contribution < -0.4 is 4.74 Å². The number of carboxylic acid groups (broad SMARTS) is 1. The van der Waals surface area contributed by atoms with E-state index in [1.54, 1.807) is 25.3 Å². The first-order valence-electron chi connectivity index (χ1n) is 5.00. The summed E-state index contributed by atoms with van der Waals surface area (Å²) in [5.41, 5.74) is 0.800. The summed E-state index contributed by atoms with van der Waals surface area (Å²) in [7, 11) is 1.56. The third-order valence-corrected chi connectivity index (χ3v) is 2.51. The Labute approximate surface area is 92.4 Å². The number of aryl methyl sites for hydroxylation is 1. The minimum atomic E-state index is -0.958. The van der Waals surface area contributed by atoms with E-state index in [4.69, 9.17) is 14.3 Å². The first kappa shape index (κ1) is 10.5. The molecule has 0 amide bonds. The van der Waals surface area contributed by atoms with E-state index in [0.717, 1.165) is 0 Å². The van der Waals surface area contributed by atoms with Crippen molar-refractivity contribution < 1.29 is 19.1 Å². The molecule has 0 aliphatic carbocycles. The van der Waals surface area contributed by atoms with E-state index < -0.39 is 5.97 Å². The molecule has 0 saturated heterocycles. The Morgan fingerprint density at radius 3 is 2.81 bits per heavy atom. The number of benzene rings is 1. The Morgan fingerprint density at radius 2 is 2.25 bits per heavy atom. The van der Waals surface area contributed by atoms with Gasteiger partial charge in [0.1, 0.15) is 22.7 Å². The van der Waals surface area contributed by atoms with Crippen LogP contribution in [0.1, 0.15) is 23.0 Å². The lowest BCUT2D eigenvalue weighted by Gasteiger charge is -1.97. The fourth-order valence-corrected chi connectivity index (χ4v) is 1.74. The summed E-state index contributed by atoms with van der Waals surface area (Å²) in [5, 5.41) is 9.73. The fraction of sp³-hybridized carbons (Fsp3) is 0.250. The molecule has 16 heavy (non-hydrogen) atoms. The Hall–Kier alpha value is -1.97. The number of carboxylic acids is 1. The van der Waals surface area contributed by atoms with Gasteiger partial charge in [-0.25, -0.2) is 4.79 Å². The summed E-state index contributed by atoms with van der Waals surface area (Å²) >= 11 is 0. The van der Waals surface area contributed by atoms with Gasteiger partial charge in [-0.1, -0.05) is 6.92 Å². The lowest BCUT2D eigenvalue weighted by molar-refractivity contribution is 0.0696. The maximum absolute atomic E-state index is 11.1. The Kier molecular flexibility index (Phi) is 2.56. The minimum absolute atomic E-state index is 0.250. The highest BCUT2D eigenvalue weighted by atomic mass is 16.5. The maximum atomic E-state index is 11.1. The number of hydrogen-bond donors (Lipinski definition) is 1. The molecule has 2 aromatic rings. The van der Waals surface area contributed by atoms with Crippen molar-refractivity contribution in [3.8, 4) is 5.75 Å². The second-order valence-corrected chi connectivity index (χ2v) is 3.42. The van der Waals surface area contributed by atoms with Crippen LogP contribution in [0.15, 0.2) is 22.6 Å². The van der Waals surface area contributed by atoms with E-state index in [1.165, 1.54) is 0 Å².